The number of hydrogen-bond donors (Lipinski definition) is 1. The number of piperidine rings is 1. The normalized spacial score (nSPS) is 20.2. The van der Waals surface area contributed by atoms with Crippen LogP contribution in [0.4, 0.5) is 5.69 Å². The van der Waals surface area contributed by atoms with Gasteiger partial charge in [-0.3, -0.25) is 9.59 Å². The summed E-state index contributed by atoms with van der Waals surface area (Å²) in [5.41, 5.74) is 6.29. The van der Waals surface area contributed by atoms with E-state index in [9.17, 15) is 9.59 Å². The van der Waals surface area contributed by atoms with Gasteiger partial charge in [0.2, 0.25) is 11.8 Å². The van der Waals surface area contributed by atoms with Gasteiger partial charge in [-0.25, -0.2) is 0 Å². The predicted octanol–water partition coefficient (Wildman–Crippen LogP) is 1.83. The summed E-state index contributed by atoms with van der Waals surface area (Å²) in [6.07, 6.45) is 3.04. The van der Waals surface area contributed by atoms with Gasteiger partial charge in [-0.1, -0.05) is 0 Å². The standard InChI is InChI=1S/C20H29N3O4.ClH/c1-26-17-5-3-16(4-6-17)23-14-15(13-19(23)24)20(25)22-10-7-18(8-11-22)27-12-2-9-21;/h3-6,15,18H,2,7-14,21H2,1H3;1H. The highest BCUT2D eigenvalue weighted by atomic mass is 35.5. The molecule has 7 nitrogen and oxygen atoms in total. The van der Waals surface area contributed by atoms with E-state index in [0.717, 1.165) is 30.7 Å². The first-order valence-electron chi connectivity index (χ1n) is 9.67. The molecule has 0 spiro atoms. The summed E-state index contributed by atoms with van der Waals surface area (Å²) in [6, 6.07) is 7.36. The van der Waals surface area contributed by atoms with Crippen LogP contribution in [0.2, 0.25) is 0 Å². The quantitative estimate of drug-likeness (QED) is 0.692. The van der Waals surface area contributed by atoms with Gasteiger partial charge in [-0.15, -0.1) is 12.4 Å². The maximum atomic E-state index is 12.9. The molecule has 0 bridgehead atoms. The summed E-state index contributed by atoms with van der Waals surface area (Å²) in [5.74, 6) is 0.558. The molecular weight excluding hydrogens is 382 g/mol. The number of benzene rings is 1. The Morgan fingerprint density at radius 1 is 1.21 bits per heavy atom. The van der Waals surface area contributed by atoms with Crippen LogP contribution in [0.1, 0.15) is 25.7 Å². The van der Waals surface area contributed by atoms with E-state index in [4.69, 9.17) is 15.2 Å². The summed E-state index contributed by atoms with van der Waals surface area (Å²) in [5, 5.41) is 0. The molecule has 0 aliphatic carbocycles. The number of carbonyl (C=O) groups excluding carboxylic acids is 2. The Labute approximate surface area is 172 Å². The lowest BCUT2D eigenvalue weighted by Crippen LogP contribution is -2.44. The van der Waals surface area contributed by atoms with Crippen LogP contribution < -0.4 is 15.4 Å². The first-order chi connectivity index (χ1) is 13.1. The first kappa shape index (κ1) is 22.5. The molecule has 1 aromatic carbocycles. The van der Waals surface area contributed by atoms with Crippen molar-refractivity contribution in [2.75, 3.05) is 44.8 Å². The molecule has 2 fully saturated rings. The molecule has 2 N–H and O–H groups in total. The lowest BCUT2D eigenvalue weighted by atomic mass is 10.0. The van der Waals surface area contributed by atoms with Crippen molar-refractivity contribution in [1.82, 2.24) is 4.90 Å². The highest BCUT2D eigenvalue weighted by molar-refractivity contribution is 6.00. The van der Waals surface area contributed by atoms with Crippen molar-refractivity contribution in [3.05, 3.63) is 24.3 Å². The van der Waals surface area contributed by atoms with E-state index in [1.165, 1.54) is 0 Å². The Morgan fingerprint density at radius 2 is 1.89 bits per heavy atom. The molecule has 8 heteroatoms. The molecule has 0 aromatic heterocycles. The number of hydrogen-bond acceptors (Lipinski definition) is 5. The number of nitrogens with zero attached hydrogens (tertiary/aromatic N) is 2. The third-order valence-electron chi connectivity index (χ3n) is 5.31. The molecule has 0 saturated carbocycles. The van der Waals surface area contributed by atoms with Crippen LogP contribution >= 0.6 is 12.4 Å². The van der Waals surface area contributed by atoms with Gasteiger partial charge in [-0.2, -0.15) is 0 Å². The molecule has 156 valence electrons. The van der Waals surface area contributed by atoms with Crippen LogP contribution in [-0.2, 0) is 14.3 Å². The van der Waals surface area contributed by atoms with Gasteiger partial charge >= 0.3 is 0 Å². The average molecular weight is 412 g/mol. The van der Waals surface area contributed by atoms with Crippen molar-refractivity contribution in [3.8, 4) is 5.75 Å². The van der Waals surface area contributed by atoms with Crippen LogP contribution in [-0.4, -0.2) is 62.7 Å². The summed E-state index contributed by atoms with van der Waals surface area (Å²) >= 11 is 0. The highest BCUT2D eigenvalue weighted by Crippen LogP contribution is 2.28. The second kappa shape index (κ2) is 10.6. The molecular formula is C20H30ClN3O4. The molecule has 2 saturated heterocycles. The summed E-state index contributed by atoms with van der Waals surface area (Å²) in [4.78, 5) is 28.9. The van der Waals surface area contributed by atoms with Crippen LogP contribution in [0.15, 0.2) is 24.3 Å². The Morgan fingerprint density at radius 3 is 2.50 bits per heavy atom. The number of halogens is 1. The number of likely N-dealkylation sites (tertiary alicyclic amines) is 1. The van der Waals surface area contributed by atoms with Crippen molar-refractivity contribution in [2.24, 2.45) is 11.7 Å². The van der Waals surface area contributed by atoms with E-state index in [-0.39, 0.29) is 42.7 Å². The van der Waals surface area contributed by atoms with Crippen LogP contribution in [0.25, 0.3) is 0 Å². The number of carbonyl (C=O) groups is 2. The smallest absolute Gasteiger partial charge is 0.228 e. The summed E-state index contributed by atoms with van der Waals surface area (Å²) < 4.78 is 11.0. The fourth-order valence-electron chi connectivity index (χ4n) is 3.72. The van der Waals surface area contributed by atoms with Crippen molar-refractivity contribution in [1.29, 1.82) is 0 Å². The maximum absolute atomic E-state index is 12.9. The first-order valence-corrected chi connectivity index (χ1v) is 9.67. The van der Waals surface area contributed by atoms with E-state index < -0.39 is 0 Å². The molecule has 2 amide bonds. The zero-order valence-corrected chi connectivity index (χ0v) is 17.2. The third-order valence-corrected chi connectivity index (χ3v) is 5.31. The Balaban J connectivity index is 0.00000280. The number of methoxy groups -OCH3 is 1. The van der Waals surface area contributed by atoms with Crippen molar-refractivity contribution < 1.29 is 19.1 Å². The number of nitrogens with two attached hydrogens (primary N) is 1. The summed E-state index contributed by atoms with van der Waals surface area (Å²) in [7, 11) is 1.61. The minimum Gasteiger partial charge on any atom is -0.497 e. The molecule has 2 aliphatic rings. The largest absolute Gasteiger partial charge is 0.497 e. The number of ether oxygens (including phenoxy) is 2. The van der Waals surface area contributed by atoms with Gasteiger partial charge in [0.15, 0.2) is 0 Å². The van der Waals surface area contributed by atoms with Crippen molar-refractivity contribution in [2.45, 2.75) is 31.8 Å². The van der Waals surface area contributed by atoms with Gasteiger partial charge in [0.1, 0.15) is 5.75 Å². The predicted molar refractivity (Wildman–Crippen MR) is 110 cm³/mol. The van der Waals surface area contributed by atoms with E-state index >= 15 is 0 Å². The topological polar surface area (TPSA) is 85.1 Å². The molecule has 2 heterocycles. The van der Waals surface area contributed by atoms with E-state index in [2.05, 4.69) is 0 Å². The highest BCUT2D eigenvalue weighted by Gasteiger charge is 2.38. The van der Waals surface area contributed by atoms with Gasteiger partial charge in [0, 0.05) is 38.3 Å². The van der Waals surface area contributed by atoms with Crippen LogP contribution in [0, 0.1) is 5.92 Å². The second-order valence-corrected chi connectivity index (χ2v) is 7.14. The molecule has 3 rings (SSSR count). The number of anilines is 1. The molecule has 0 radical (unpaired) electrons. The third kappa shape index (κ3) is 5.37. The maximum Gasteiger partial charge on any atom is 0.228 e. The minimum absolute atomic E-state index is 0. The van der Waals surface area contributed by atoms with Crippen molar-refractivity contribution >= 4 is 29.9 Å². The van der Waals surface area contributed by atoms with Gasteiger partial charge in [-0.05, 0) is 50.1 Å². The molecule has 28 heavy (non-hydrogen) atoms. The lowest BCUT2D eigenvalue weighted by Gasteiger charge is -2.33. The average Bonchev–Trinajstić information content (AvgIpc) is 3.10. The molecule has 1 unspecified atom stereocenters. The number of amides is 2. The lowest BCUT2D eigenvalue weighted by molar-refractivity contribution is -0.138. The molecule has 2 aliphatic heterocycles. The second-order valence-electron chi connectivity index (χ2n) is 7.14. The van der Waals surface area contributed by atoms with Gasteiger partial charge in [0.25, 0.3) is 0 Å². The Kier molecular flexibility index (Phi) is 8.54. The monoisotopic (exact) mass is 411 g/mol. The Bertz CT molecular complexity index is 647. The SMILES string of the molecule is COc1ccc(N2CC(C(=O)N3CCC(OCCCN)CC3)CC2=O)cc1.Cl. The fourth-order valence-corrected chi connectivity index (χ4v) is 3.72. The van der Waals surface area contributed by atoms with Gasteiger partial charge in [0.05, 0.1) is 19.1 Å². The van der Waals surface area contributed by atoms with E-state index in [0.29, 0.717) is 32.8 Å². The van der Waals surface area contributed by atoms with Gasteiger partial charge < -0.3 is 25.0 Å². The fraction of sp³-hybridized carbons (Fsp3) is 0.600. The van der Waals surface area contributed by atoms with E-state index in [1.54, 1.807) is 12.0 Å². The number of rotatable bonds is 7. The van der Waals surface area contributed by atoms with E-state index in [1.807, 2.05) is 29.2 Å². The molecule has 1 atom stereocenters. The Hall–Kier alpha value is -1.83. The minimum atomic E-state index is -0.269. The zero-order chi connectivity index (χ0) is 19.2. The van der Waals surface area contributed by atoms with Crippen molar-refractivity contribution in [3.63, 3.8) is 0 Å². The summed E-state index contributed by atoms with van der Waals surface area (Å²) in [6.45, 7) is 3.15. The van der Waals surface area contributed by atoms with Crippen LogP contribution in [0.3, 0.4) is 0 Å². The van der Waals surface area contributed by atoms with Crippen LogP contribution in [0.5, 0.6) is 5.75 Å². The zero-order valence-electron chi connectivity index (χ0n) is 16.3. The molecule has 1 aromatic rings.